The molecule has 154 valence electrons. The van der Waals surface area contributed by atoms with Crippen molar-refractivity contribution in [3.63, 3.8) is 0 Å². The van der Waals surface area contributed by atoms with Gasteiger partial charge >= 0.3 is 5.97 Å². The molecule has 31 heavy (non-hydrogen) atoms. The summed E-state index contributed by atoms with van der Waals surface area (Å²) >= 11 is 5.01. The molecular formula is C23H15BrN2O4S. The van der Waals surface area contributed by atoms with Crippen molar-refractivity contribution < 1.29 is 18.7 Å². The zero-order valence-corrected chi connectivity index (χ0v) is 18.7. The van der Waals surface area contributed by atoms with Crippen molar-refractivity contribution in [2.45, 2.75) is 6.61 Å². The van der Waals surface area contributed by atoms with Gasteiger partial charge in [-0.25, -0.2) is 9.78 Å². The van der Waals surface area contributed by atoms with E-state index in [1.54, 1.807) is 48.1 Å². The van der Waals surface area contributed by atoms with E-state index in [1.807, 2.05) is 23.6 Å². The molecule has 0 spiro atoms. The number of nitriles is 1. The number of hydrogen-bond donors (Lipinski definition) is 0. The summed E-state index contributed by atoms with van der Waals surface area (Å²) in [6, 6.07) is 14.9. The van der Waals surface area contributed by atoms with Crippen molar-refractivity contribution in [3.8, 4) is 33.6 Å². The van der Waals surface area contributed by atoms with E-state index in [0.29, 0.717) is 26.9 Å². The van der Waals surface area contributed by atoms with Crippen LogP contribution >= 0.6 is 27.3 Å². The molecule has 0 saturated heterocycles. The van der Waals surface area contributed by atoms with Gasteiger partial charge in [-0.1, -0.05) is 28.1 Å². The second kappa shape index (κ2) is 9.16. The molecule has 4 rings (SSSR count). The Morgan fingerprint density at radius 3 is 2.81 bits per heavy atom. The Balaban J connectivity index is 1.71. The quantitative estimate of drug-likeness (QED) is 0.302. The molecular weight excluding hydrogens is 480 g/mol. The van der Waals surface area contributed by atoms with Crippen molar-refractivity contribution in [1.82, 2.24) is 4.98 Å². The summed E-state index contributed by atoms with van der Waals surface area (Å²) in [5.41, 5.74) is 3.71. The van der Waals surface area contributed by atoms with Crippen molar-refractivity contribution in [1.29, 1.82) is 5.26 Å². The Hall–Kier alpha value is -3.41. The molecule has 0 amide bonds. The number of pyridine rings is 1. The number of esters is 1. The number of thiophene rings is 1. The molecule has 0 aliphatic carbocycles. The molecule has 8 heteroatoms. The van der Waals surface area contributed by atoms with Crippen molar-refractivity contribution in [2.75, 3.05) is 7.11 Å². The summed E-state index contributed by atoms with van der Waals surface area (Å²) < 4.78 is 16.6. The molecule has 0 radical (unpaired) electrons. The number of aromatic nitrogens is 1. The summed E-state index contributed by atoms with van der Waals surface area (Å²) in [6.45, 7) is 0.155. The van der Waals surface area contributed by atoms with Crippen LogP contribution in [0.1, 0.15) is 21.5 Å². The highest BCUT2D eigenvalue weighted by Crippen LogP contribution is 2.35. The van der Waals surface area contributed by atoms with Crippen LogP contribution in [0.15, 0.2) is 69.3 Å². The van der Waals surface area contributed by atoms with E-state index < -0.39 is 5.97 Å². The van der Waals surface area contributed by atoms with Gasteiger partial charge in [0.15, 0.2) is 0 Å². The van der Waals surface area contributed by atoms with Crippen molar-refractivity contribution >= 4 is 33.2 Å². The lowest BCUT2D eigenvalue weighted by molar-refractivity contribution is 0.0600. The molecule has 0 aliphatic heterocycles. The van der Waals surface area contributed by atoms with E-state index in [-0.39, 0.29) is 12.5 Å². The third-order valence-corrected chi connectivity index (χ3v) is 6.17. The zero-order chi connectivity index (χ0) is 21.8. The smallest absolute Gasteiger partial charge is 0.337 e. The number of carbonyl (C=O) groups excluding carboxylic acids is 1. The molecule has 6 nitrogen and oxygen atoms in total. The number of methoxy groups -OCH3 is 1. The van der Waals surface area contributed by atoms with Gasteiger partial charge in [0.2, 0.25) is 5.88 Å². The van der Waals surface area contributed by atoms with Gasteiger partial charge in [-0.05, 0) is 35.7 Å². The zero-order valence-electron chi connectivity index (χ0n) is 16.3. The minimum Gasteiger partial charge on any atom is -0.472 e. The minimum absolute atomic E-state index is 0.155. The second-order valence-corrected chi connectivity index (χ2v) is 8.22. The summed E-state index contributed by atoms with van der Waals surface area (Å²) in [6.07, 6.45) is 3.14. The molecule has 3 heterocycles. The average molecular weight is 495 g/mol. The highest BCUT2D eigenvalue weighted by atomic mass is 79.9. The minimum atomic E-state index is -0.421. The molecule has 3 aromatic heterocycles. The van der Waals surface area contributed by atoms with Crippen molar-refractivity contribution in [2.24, 2.45) is 0 Å². The van der Waals surface area contributed by atoms with E-state index in [2.05, 4.69) is 27.0 Å². The highest BCUT2D eigenvalue weighted by molar-refractivity contribution is 9.10. The van der Waals surface area contributed by atoms with Crippen LogP contribution < -0.4 is 4.74 Å². The maximum Gasteiger partial charge on any atom is 0.337 e. The van der Waals surface area contributed by atoms with Crippen LogP contribution in [0.2, 0.25) is 0 Å². The van der Waals surface area contributed by atoms with Gasteiger partial charge in [0, 0.05) is 21.2 Å². The average Bonchev–Trinajstić information content (AvgIpc) is 3.51. The lowest BCUT2D eigenvalue weighted by Gasteiger charge is -2.13. The second-order valence-electron chi connectivity index (χ2n) is 6.42. The van der Waals surface area contributed by atoms with Gasteiger partial charge in [-0.3, -0.25) is 0 Å². The van der Waals surface area contributed by atoms with Gasteiger partial charge < -0.3 is 13.9 Å². The van der Waals surface area contributed by atoms with E-state index >= 15 is 0 Å². The summed E-state index contributed by atoms with van der Waals surface area (Å²) in [5, 5.41) is 11.8. The van der Waals surface area contributed by atoms with E-state index in [4.69, 9.17) is 13.9 Å². The molecule has 0 saturated carbocycles. The fourth-order valence-electron chi connectivity index (χ4n) is 2.99. The largest absolute Gasteiger partial charge is 0.472 e. The Bertz CT molecular complexity index is 1260. The summed E-state index contributed by atoms with van der Waals surface area (Å²) in [4.78, 5) is 17.3. The molecule has 0 aliphatic rings. The van der Waals surface area contributed by atoms with Crippen LogP contribution in [0.25, 0.3) is 21.7 Å². The Labute approximate surface area is 190 Å². The Kier molecular flexibility index (Phi) is 6.16. The van der Waals surface area contributed by atoms with Crippen molar-refractivity contribution in [3.05, 3.63) is 81.5 Å². The summed E-state index contributed by atoms with van der Waals surface area (Å²) in [5.74, 6) is -0.191. The molecule has 0 atom stereocenters. The third kappa shape index (κ3) is 4.38. The molecule has 0 fully saturated rings. The number of ether oxygens (including phenoxy) is 2. The topological polar surface area (TPSA) is 85.3 Å². The lowest BCUT2D eigenvalue weighted by Crippen LogP contribution is -2.05. The van der Waals surface area contributed by atoms with Gasteiger partial charge in [0.25, 0.3) is 0 Å². The first-order chi connectivity index (χ1) is 15.1. The third-order valence-electron chi connectivity index (χ3n) is 4.54. The van der Waals surface area contributed by atoms with Crippen LogP contribution in [0.4, 0.5) is 0 Å². The maximum absolute atomic E-state index is 11.7. The number of halogens is 1. The van der Waals surface area contributed by atoms with E-state index in [9.17, 15) is 10.1 Å². The predicted octanol–water partition coefficient (Wildman–Crippen LogP) is 6.07. The van der Waals surface area contributed by atoms with Crippen LogP contribution in [0, 0.1) is 11.3 Å². The van der Waals surface area contributed by atoms with Gasteiger partial charge in [0.1, 0.15) is 18.2 Å². The van der Waals surface area contributed by atoms with Gasteiger partial charge in [-0.2, -0.15) is 5.26 Å². The van der Waals surface area contributed by atoms with E-state index in [0.717, 1.165) is 16.0 Å². The maximum atomic E-state index is 11.7. The summed E-state index contributed by atoms with van der Waals surface area (Å²) in [7, 11) is 1.33. The Morgan fingerprint density at radius 2 is 2.16 bits per heavy atom. The first-order valence-electron chi connectivity index (χ1n) is 9.12. The lowest BCUT2D eigenvalue weighted by atomic mass is 10.0. The SMILES string of the molecule is COC(=O)c1ccc(COc2nc(-c3cccs3)cc(-c3ccoc3)c2C#N)c(Br)c1. The van der Waals surface area contributed by atoms with Crippen LogP contribution in [-0.2, 0) is 11.3 Å². The fourth-order valence-corrected chi connectivity index (χ4v) is 4.16. The number of nitrogens with zero attached hydrogens (tertiary/aromatic N) is 2. The first kappa shape index (κ1) is 20.8. The highest BCUT2D eigenvalue weighted by Gasteiger charge is 2.18. The molecule has 0 bridgehead atoms. The molecule has 0 unspecified atom stereocenters. The van der Waals surface area contributed by atoms with E-state index in [1.165, 1.54) is 7.11 Å². The number of benzene rings is 1. The normalized spacial score (nSPS) is 10.5. The first-order valence-corrected chi connectivity index (χ1v) is 10.8. The number of furan rings is 1. The molecule has 0 N–H and O–H groups in total. The van der Waals surface area contributed by atoms with Crippen LogP contribution in [-0.4, -0.2) is 18.1 Å². The number of rotatable bonds is 6. The monoisotopic (exact) mass is 494 g/mol. The Morgan fingerprint density at radius 1 is 1.29 bits per heavy atom. The standard InChI is InChI=1S/C23H15BrN2O4S/c1-28-23(27)14-4-5-16(19(24)9-14)13-30-22-18(11-25)17(15-6-7-29-12-15)10-20(26-22)21-3-2-8-31-21/h2-10,12H,13H2,1H3. The number of carbonyl (C=O) groups is 1. The molecule has 4 aromatic rings. The van der Waals surface area contributed by atoms with Gasteiger partial charge in [-0.15, -0.1) is 11.3 Å². The fraction of sp³-hybridized carbons (Fsp3) is 0.0870. The van der Waals surface area contributed by atoms with Gasteiger partial charge in [0.05, 0.1) is 35.8 Å². The predicted molar refractivity (Wildman–Crippen MR) is 120 cm³/mol. The van der Waals surface area contributed by atoms with Crippen LogP contribution in [0.3, 0.4) is 0 Å². The number of hydrogen-bond acceptors (Lipinski definition) is 7. The molecule has 1 aromatic carbocycles. The van der Waals surface area contributed by atoms with Crippen LogP contribution in [0.5, 0.6) is 5.88 Å².